The van der Waals surface area contributed by atoms with E-state index in [1.807, 2.05) is 6.92 Å². The third-order valence-electron chi connectivity index (χ3n) is 2.41. The molecule has 98 valence electrons. The molecular formula is C15H26O2. The fraction of sp³-hybridized carbons (Fsp3) is 0.600. The topological polar surface area (TPSA) is 29.5 Å². The van der Waals surface area contributed by atoms with E-state index in [4.69, 9.17) is 9.84 Å². The predicted molar refractivity (Wildman–Crippen MR) is 74.1 cm³/mol. The number of aliphatic hydroxyl groups is 1. The Morgan fingerprint density at radius 3 is 2.29 bits per heavy atom. The predicted octanol–water partition coefficient (Wildman–Crippen LogP) is 3.63. The van der Waals surface area contributed by atoms with E-state index in [9.17, 15) is 0 Å². The summed E-state index contributed by atoms with van der Waals surface area (Å²) in [6.45, 7) is 9.68. The molecule has 0 aromatic heterocycles. The Morgan fingerprint density at radius 1 is 1.00 bits per heavy atom. The minimum atomic E-state index is 0.0900. The normalized spacial score (nSPS) is 12.8. The number of hydrogen-bond acceptors (Lipinski definition) is 2. The molecule has 2 nitrogen and oxygen atoms in total. The second-order valence-electron chi connectivity index (χ2n) is 4.62. The van der Waals surface area contributed by atoms with Crippen LogP contribution in [0, 0.1) is 0 Å². The van der Waals surface area contributed by atoms with Crippen molar-refractivity contribution in [2.45, 2.75) is 40.5 Å². The van der Waals surface area contributed by atoms with E-state index in [1.54, 1.807) is 6.08 Å². The second kappa shape index (κ2) is 10.3. The molecular weight excluding hydrogens is 212 g/mol. The van der Waals surface area contributed by atoms with Crippen molar-refractivity contribution in [1.29, 1.82) is 0 Å². The summed E-state index contributed by atoms with van der Waals surface area (Å²) in [4.78, 5) is 0. The van der Waals surface area contributed by atoms with Gasteiger partial charge in [-0.15, -0.1) is 0 Å². The van der Waals surface area contributed by atoms with E-state index in [2.05, 4.69) is 32.9 Å². The Labute approximate surface area is 106 Å². The molecule has 0 atom stereocenters. The highest BCUT2D eigenvalue weighted by Gasteiger charge is 1.91. The maximum absolute atomic E-state index is 8.67. The lowest BCUT2D eigenvalue weighted by atomic mass is 10.1. The smallest absolute Gasteiger partial charge is 0.0679 e. The fourth-order valence-electron chi connectivity index (χ4n) is 1.33. The van der Waals surface area contributed by atoms with Gasteiger partial charge in [-0.2, -0.15) is 0 Å². The molecule has 0 saturated heterocycles. The quantitative estimate of drug-likeness (QED) is 0.517. The van der Waals surface area contributed by atoms with Gasteiger partial charge in [-0.25, -0.2) is 0 Å². The molecule has 0 unspecified atom stereocenters. The minimum absolute atomic E-state index is 0.0900. The molecule has 0 rings (SSSR count). The average Bonchev–Trinajstić information content (AvgIpc) is 2.24. The van der Waals surface area contributed by atoms with Crippen LogP contribution in [0.2, 0.25) is 0 Å². The molecule has 0 aliphatic rings. The van der Waals surface area contributed by atoms with E-state index in [0.29, 0.717) is 13.2 Å². The molecule has 0 heterocycles. The lowest BCUT2D eigenvalue weighted by Crippen LogP contribution is -1.97. The molecule has 0 saturated carbocycles. The summed E-state index contributed by atoms with van der Waals surface area (Å²) in [5.74, 6) is 0. The van der Waals surface area contributed by atoms with Crippen molar-refractivity contribution in [2.75, 3.05) is 19.8 Å². The van der Waals surface area contributed by atoms with Crippen LogP contribution in [0.25, 0.3) is 0 Å². The molecule has 0 fully saturated rings. The average molecular weight is 238 g/mol. The number of aliphatic hydroxyl groups excluding tert-OH is 1. The van der Waals surface area contributed by atoms with Gasteiger partial charge < -0.3 is 9.84 Å². The summed E-state index contributed by atoms with van der Waals surface area (Å²) in [5.41, 5.74) is 3.81. The van der Waals surface area contributed by atoms with Crippen molar-refractivity contribution in [1.82, 2.24) is 0 Å². The molecule has 0 bridgehead atoms. The molecule has 0 amide bonds. The lowest BCUT2D eigenvalue weighted by molar-refractivity contribution is 0.185. The monoisotopic (exact) mass is 238 g/mol. The molecule has 0 aromatic carbocycles. The first kappa shape index (κ1) is 16.1. The Bertz CT molecular complexity index is 281. The maximum atomic E-state index is 8.67. The van der Waals surface area contributed by atoms with Gasteiger partial charge in [-0.05, 0) is 46.1 Å². The summed E-state index contributed by atoms with van der Waals surface area (Å²) in [5, 5.41) is 8.67. The molecule has 0 radical (unpaired) electrons. The zero-order valence-corrected chi connectivity index (χ0v) is 11.6. The summed E-state index contributed by atoms with van der Waals surface area (Å²) in [6, 6.07) is 0. The first-order valence-electron chi connectivity index (χ1n) is 6.19. The van der Waals surface area contributed by atoms with Crippen molar-refractivity contribution in [2.24, 2.45) is 0 Å². The van der Waals surface area contributed by atoms with Gasteiger partial charge in [0.1, 0.15) is 0 Å². The molecule has 17 heavy (non-hydrogen) atoms. The largest absolute Gasteiger partial charge is 0.392 e. The van der Waals surface area contributed by atoms with Crippen molar-refractivity contribution in [3.63, 3.8) is 0 Å². The Morgan fingerprint density at radius 2 is 1.71 bits per heavy atom. The van der Waals surface area contributed by atoms with Gasteiger partial charge in [0.05, 0.1) is 19.8 Å². The van der Waals surface area contributed by atoms with Crippen LogP contribution < -0.4 is 0 Å². The van der Waals surface area contributed by atoms with Crippen LogP contribution in [0.15, 0.2) is 34.9 Å². The van der Waals surface area contributed by atoms with Crippen molar-refractivity contribution in [3.8, 4) is 0 Å². The summed E-state index contributed by atoms with van der Waals surface area (Å²) in [6.07, 6.45) is 8.36. The van der Waals surface area contributed by atoms with Gasteiger partial charge in [0.2, 0.25) is 0 Å². The highest BCUT2D eigenvalue weighted by molar-refractivity contribution is 5.03. The highest BCUT2D eigenvalue weighted by Crippen LogP contribution is 2.06. The zero-order valence-electron chi connectivity index (χ0n) is 11.6. The van der Waals surface area contributed by atoms with Gasteiger partial charge in [-0.3, -0.25) is 0 Å². The minimum Gasteiger partial charge on any atom is -0.392 e. The van der Waals surface area contributed by atoms with Gasteiger partial charge in [-0.1, -0.05) is 29.4 Å². The Hall–Kier alpha value is -0.860. The number of rotatable bonds is 8. The van der Waals surface area contributed by atoms with Gasteiger partial charge >= 0.3 is 0 Å². The van der Waals surface area contributed by atoms with Crippen LogP contribution >= 0.6 is 0 Å². The van der Waals surface area contributed by atoms with E-state index in [0.717, 1.165) is 18.4 Å². The van der Waals surface area contributed by atoms with Gasteiger partial charge in [0, 0.05) is 0 Å². The first-order chi connectivity index (χ1) is 8.06. The standard InChI is InChI=1S/C15H26O2/c1-13(2)6-5-7-14(3)9-11-17-12-15(4)8-10-16/h6,8-9,16H,5,7,10-12H2,1-4H3. The number of ether oxygens (including phenoxy) is 1. The highest BCUT2D eigenvalue weighted by atomic mass is 16.5. The van der Waals surface area contributed by atoms with E-state index < -0.39 is 0 Å². The van der Waals surface area contributed by atoms with Crippen molar-refractivity contribution >= 4 is 0 Å². The van der Waals surface area contributed by atoms with Gasteiger partial charge in [0.15, 0.2) is 0 Å². The molecule has 0 spiro atoms. The molecule has 0 aromatic rings. The Kier molecular flexibility index (Phi) is 9.78. The maximum Gasteiger partial charge on any atom is 0.0679 e. The molecule has 2 heteroatoms. The molecule has 0 aliphatic carbocycles. The number of hydrogen-bond donors (Lipinski definition) is 1. The van der Waals surface area contributed by atoms with Crippen LogP contribution in [0.3, 0.4) is 0 Å². The molecule has 1 N–H and O–H groups in total. The number of allylic oxidation sites excluding steroid dienone is 3. The Balaban J connectivity index is 3.70. The zero-order chi connectivity index (χ0) is 13.1. The van der Waals surface area contributed by atoms with Crippen LogP contribution in [-0.4, -0.2) is 24.9 Å². The van der Waals surface area contributed by atoms with E-state index in [1.165, 1.54) is 11.1 Å². The first-order valence-corrected chi connectivity index (χ1v) is 6.19. The summed E-state index contributed by atoms with van der Waals surface area (Å²) in [7, 11) is 0. The van der Waals surface area contributed by atoms with Crippen LogP contribution in [0.5, 0.6) is 0 Å². The third-order valence-corrected chi connectivity index (χ3v) is 2.41. The molecule has 0 aliphatic heterocycles. The van der Waals surface area contributed by atoms with Gasteiger partial charge in [0.25, 0.3) is 0 Å². The second-order valence-corrected chi connectivity index (χ2v) is 4.62. The SMILES string of the molecule is CC(C)=CCCC(C)=CCOCC(C)=CCO. The van der Waals surface area contributed by atoms with Crippen LogP contribution in [0.1, 0.15) is 40.5 Å². The van der Waals surface area contributed by atoms with Crippen molar-refractivity contribution < 1.29 is 9.84 Å². The van der Waals surface area contributed by atoms with Crippen LogP contribution in [-0.2, 0) is 4.74 Å². The van der Waals surface area contributed by atoms with E-state index in [-0.39, 0.29) is 6.61 Å². The van der Waals surface area contributed by atoms with Crippen molar-refractivity contribution in [3.05, 3.63) is 34.9 Å². The van der Waals surface area contributed by atoms with E-state index >= 15 is 0 Å². The summed E-state index contributed by atoms with van der Waals surface area (Å²) >= 11 is 0. The lowest BCUT2D eigenvalue weighted by Gasteiger charge is -2.03. The summed E-state index contributed by atoms with van der Waals surface area (Å²) < 4.78 is 5.47. The van der Waals surface area contributed by atoms with Crippen LogP contribution in [0.4, 0.5) is 0 Å². The third kappa shape index (κ3) is 11.4. The fourth-order valence-corrected chi connectivity index (χ4v) is 1.33.